The molecule has 7 aromatic carbocycles. The average molecular weight is 548 g/mol. The minimum Gasteiger partial charge on any atom is -0.310 e. The molecule has 7 aromatic rings. The third-order valence-electron chi connectivity index (χ3n) is 7.91. The molecule has 43 heavy (non-hydrogen) atoms. The van der Waals surface area contributed by atoms with E-state index in [1.165, 1.54) is 10.8 Å². The molecule has 0 aliphatic rings. The highest BCUT2D eigenvalue weighted by molar-refractivity contribution is 6.17. The molecule has 0 N–H and O–H groups in total. The summed E-state index contributed by atoms with van der Waals surface area (Å²) in [6.07, 6.45) is 4.11. The maximum atomic E-state index is 10.0. The summed E-state index contributed by atoms with van der Waals surface area (Å²) in [6, 6.07) is 49.8. The van der Waals surface area contributed by atoms with Crippen LogP contribution in [0.4, 0.5) is 22.7 Å². The summed E-state index contributed by atoms with van der Waals surface area (Å²) in [7, 11) is 0. The van der Waals surface area contributed by atoms with Crippen LogP contribution in [0.1, 0.15) is 16.7 Å². The van der Waals surface area contributed by atoms with Crippen molar-refractivity contribution in [3.8, 4) is 6.07 Å². The van der Waals surface area contributed by atoms with Gasteiger partial charge in [0.1, 0.15) is 6.07 Å². The van der Waals surface area contributed by atoms with Crippen LogP contribution in [-0.2, 0) is 0 Å². The largest absolute Gasteiger partial charge is 0.310 e. The van der Waals surface area contributed by atoms with Crippen molar-refractivity contribution in [1.82, 2.24) is 0 Å². The maximum absolute atomic E-state index is 10.0. The van der Waals surface area contributed by atoms with E-state index in [0.29, 0.717) is 11.3 Å². The minimum atomic E-state index is 0.578. The standard InChI is InChI=1S/C40H25N3/c1-42-40-36-18-8-7-17-34(36)37(27-41)35-19-9-13-30(39(35)40)24-21-28-22-25-32(26-23-28)43(31-14-3-2-4-15-31)38-20-10-12-29-11-5-6-16-33(29)38/h2-26H. The van der Waals surface area contributed by atoms with E-state index in [9.17, 15) is 5.26 Å². The van der Waals surface area contributed by atoms with Gasteiger partial charge in [-0.25, -0.2) is 4.85 Å². The number of nitriles is 1. The molecular weight excluding hydrogens is 522 g/mol. The lowest BCUT2D eigenvalue weighted by Crippen LogP contribution is -2.10. The van der Waals surface area contributed by atoms with Crippen molar-refractivity contribution in [3.05, 3.63) is 168 Å². The molecule has 0 bridgehead atoms. The van der Waals surface area contributed by atoms with Crippen molar-refractivity contribution in [2.45, 2.75) is 0 Å². The van der Waals surface area contributed by atoms with Crippen molar-refractivity contribution in [3.63, 3.8) is 0 Å². The second-order valence-corrected chi connectivity index (χ2v) is 10.4. The zero-order valence-electron chi connectivity index (χ0n) is 23.3. The van der Waals surface area contributed by atoms with Crippen molar-refractivity contribution in [2.24, 2.45) is 0 Å². The Kier molecular flexibility index (Phi) is 6.61. The van der Waals surface area contributed by atoms with Gasteiger partial charge >= 0.3 is 0 Å². The first-order valence-electron chi connectivity index (χ1n) is 14.1. The van der Waals surface area contributed by atoms with E-state index in [1.54, 1.807) is 0 Å². The van der Waals surface area contributed by atoms with Gasteiger partial charge in [0.15, 0.2) is 0 Å². The quantitative estimate of drug-likeness (QED) is 0.122. The Morgan fingerprint density at radius 1 is 0.581 bits per heavy atom. The molecule has 0 heterocycles. The van der Waals surface area contributed by atoms with E-state index in [0.717, 1.165) is 49.7 Å². The zero-order valence-corrected chi connectivity index (χ0v) is 23.3. The van der Waals surface area contributed by atoms with Crippen LogP contribution in [0.15, 0.2) is 140 Å². The average Bonchev–Trinajstić information content (AvgIpc) is 3.07. The third-order valence-corrected chi connectivity index (χ3v) is 7.91. The highest BCUT2D eigenvalue weighted by Crippen LogP contribution is 2.41. The van der Waals surface area contributed by atoms with E-state index in [1.807, 2.05) is 54.6 Å². The Labute approximate surface area is 250 Å². The lowest BCUT2D eigenvalue weighted by molar-refractivity contribution is 1.30. The Balaban J connectivity index is 1.31. The van der Waals surface area contributed by atoms with Gasteiger partial charge in [-0.2, -0.15) is 5.26 Å². The lowest BCUT2D eigenvalue weighted by Gasteiger charge is -2.27. The molecule has 0 saturated carbocycles. The number of fused-ring (bicyclic) bond motifs is 3. The number of nitrogens with zero attached hydrogens (tertiary/aromatic N) is 3. The topological polar surface area (TPSA) is 31.4 Å². The van der Waals surface area contributed by atoms with Crippen LogP contribution in [0.2, 0.25) is 0 Å². The molecule has 0 aromatic heterocycles. The van der Waals surface area contributed by atoms with Crippen LogP contribution in [-0.4, -0.2) is 0 Å². The zero-order chi connectivity index (χ0) is 29.2. The summed E-state index contributed by atoms with van der Waals surface area (Å²) >= 11 is 0. The molecule has 0 radical (unpaired) electrons. The van der Waals surface area contributed by atoms with Crippen molar-refractivity contribution in [1.29, 1.82) is 5.26 Å². The number of rotatable bonds is 5. The summed E-state index contributed by atoms with van der Waals surface area (Å²) in [5, 5.41) is 15.7. The predicted octanol–water partition coefficient (Wildman–Crippen LogP) is 11.2. The van der Waals surface area contributed by atoms with E-state index < -0.39 is 0 Å². The van der Waals surface area contributed by atoms with Gasteiger partial charge in [-0.1, -0.05) is 121 Å². The van der Waals surface area contributed by atoms with Gasteiger partial charge in [0.05, 0.1) is 17.8 Å². The normalized spacial score (nSPS) is 11.1. The fourth-order valence-electron chi connectivity index (χ4n) is 5.93. The summed E-state index contributed by atoms with van der Waals surface area (Å²) in [4.78, 5) is 6.22. The SMILES string of the molecule is [C-]#[N+]c1c2ccccc2c(C#N)c2cccc(C=Cc3ccc(N(c4ccccc4)c4cccc5ccccc45)cc3)c12. The summed E-state index contributed by atoms with van der Waals surface area (Å²) in [6.45, 7) is 8.00. The minimum absolute atomic E-state index is 0.578. The molecule has 0 saturated heterocycles. The maximum Gasteiger partial charge on any atom is 0.203 e. The van der Waals surface area contributed by atoms with E-state index in [4.69, 9.17) is 6.57 Å². The Bertz CT molecular complexity index is 2240. The molecule has 0 aliphatic carbocycles. The molecule has 0 atom stereocenters. The van der Waals surface area contributed by atoms with Crippen LogP contribution in [0, 0.1) is 17.9 Å². The fourth-order valence-corrected chi connectivity index (χ4v) is 5.93. The van der Waals surface area contributed by atoms with Gasteiger partial charge in [0, 0.05) is 16.8 Å². The summed E-state index contributed by atoms with van der Waals surface area (Å²) < 4.78 is 0. The molecule has 3 nitrogen and oxygen atoms in total. The van der Waals surface area contributed by atoms with Crippen molar-refractivity contribution < 1.29 is 0 Å². The molecule has 0 fully saturated rings. The van der Waals surface area contributed by atoms with Crippen molar-refractivity contribution in [2.75, 3.05) is 4.90 Å². The monoisotopic (exact) mass is 547 g/mol. The molecule has 0 unspecified atom stereocenters. The molecule has 3 heteroatoms. The smallest absolute Gasteiger partial charge is 0.203 e. The highest BCUT2D eigenvalue weighted by Gasteiger charge is 2.16. The first-order chi connectivity index (χ1) is 21.3. The van der Waals surface area contributed by atoms with Crippen molar-refractivity contribution >= 4 is 67.2 Å². The first-order valence-corrected chi connectivity index (χ1v) is 14.1. The lowest BCUT2D eigenvalue weighted by atomic mass is 9.92. The van der Waals surface area contributed by atoms with E-state index >= 15 is 0 Å². The number of benzene rings is 7. The molecular formula is C40H25N3. The number of para-hydroxylation sites is 1. The molecule has 0 amide bonds. The van der Waals surface area contributed by atoms with Gasteiger partial charge in [-0.05, 0) is 68.4 Å². The molecule has 0 spiro atoms. The predicted molar refractivity (Wildman–Crippen MR) is 180 cm³/mol. The molecule has 0 aliphatic heterocycles. The number of anilines is 3. The Hall–Kier alpha value is -6.16. The van der Waals surface area contributed by atoms with Gasteiger partial charge in [0.25, 0.3) is 0 Å². The van der Waals surface area contributed by atoms with Crippen LogP contribution >= 0.6 is 0 Å². The van der Waals surface area contributed by atoms with E-state index in [-0.39, 0.29) is 0 Å². The Morgan fingerprint density at radius 3 is 1.98 bits per heavy atom. The molecule has 200 valence electrons. The fraction of sp³-hybridized carbons (Fsp3) is 0. The van der Waals surface area contributed by atoms with Gasteiger partial charge < -0.3 is 4.90 Å². The number of hydrogen-bond donors (Lipinski definition) is 0. The number of hydrogen-bond acceptors (Lipinski definition) is 2. The van der Waals surface area contributed by atoms with Gasteiger partial charge in [-0.15, -0.1) is 0 Å². The van der Waals surface area contributed by atoms with Crippen LogP contribution in [0.5, 0.6) is 0 Å². The second kappa shape index (κ2) is 11.0. The highest BCUT2D eigenvalue weighted by atomic mass is 15.1. The van der Waals surface area contributed by atoms with Gasteiger partial charge in [-0.3, -0.25) is 0 Å². The van der Waals surface area contributed by atoms with Crippen LogP contribution in [0.25, 0.3) is 49.3 Å². The van der Waals surface area contributed by atoms with Crippen LogP contribution < -0.4 is 4.90 Å². The Morgan fingerprint density at radius 2 is 1.21 bits per heavy atom. The molecule has 7 rings (SSSR count). The summed E-state index contributed by atoms with van der Waals surface area (Å²) in [5.41, 5.74) is 6.40. The van der Waals surface area contributed by atoms with Crippen LogP contribution in [0.3, 0.4) is 0 Å². The summed E-state index contributed by atoms with van der Waals surface area (Å²) in [5.74, 6) is 0. The van der Waals surface area contributed by atoms with Gasteiger partial charge in [0.2, 0.25) is 5.69 Å². The van der Waals surface area contributed by atoms with E-state index in [2.05, 4.69) is 113 Å². The second-order valence-electron chi connectivity index (χ2n) is 10.4. The third kappa shape index (κ3) is 4.56. The first kappa shape index (κ1) is 25.8.